The number of benzene rings is 2. The van der Waals surface area contributed by atoms with E-state index in [0.29, 0.717) is 32.4 Å². The van der Waals surface area contributed by atoms with Gasteiger partial charge in [-0.3, -0.25) is 0 Å². The third-order valence-electron chi connectivity index (χ3n) is 2.99. The quantitative estimate of drug-likeness (QED) is 0.603. The van der Waals surface area contributed by atoms with E-state index < -0.39 is 0 Å². The SMILES string of the molecule is Cc1cc(C(N)=S)ccc1COc1cc(Cl)c(Cl)cc1Cl. The van der Waals surface area contributed by atoms with Crippen LogP contribution in [0.1, 0.15) is 16.7 Å². The highest BCUT2D eigenvalue weighted by atomic mass is 35.5. The number of aryl methyl sites for hydroxylation is 1. The van der Waals surface area contributed by atoms with Crippen LogP contribution in [0.5, 0.6) is 5.75 Å². The Morgan fingerprint density at radius 1 is 1.10 bits per heavy atom. The first-order chi connectivity index (χ1) is 9.88. The standard InChI is InChI=1S/C15H12Cl3NOS/c1-8-4-9(15(19)21)2-3-10(8)7-20-14-6-12(17)11(16)5-13(14)18/h2-6H,7H2,1H3,(H2,19,21). The molecule has 0 fully saturated rings. The molecular weight excluding hydrogens is 349 g/mol. The Morgan fingerprint density at radius 3 is 2.38 bits per heavy atom. The average molecular weight is 361 g/mol. The molecule has 0 spiro atoms. The first-order valence-corrected chi connectivity index (χ1v) is 7.59. The third kappa shape index (κ3) is 4.01. The average Bonchev–Trinajstić information content (AvgIpc) is 2.42. The van der Waals surface area contributed by atoms with E-state index in [1.54, 1.807) is 12.1 Å². The molecule has 0 atom stereocenters. The maximum absolute atomic E-state index is 6.07. The van der Waals surface area contributed by atoms with Crippen molar-refractivity contribution in [2.24, 2.45) is 5.73 Å². The van der Waals surface area contributed by atoms with Gasteiger partial charge in [-0.25, -0.2) is 0 Å². The predicted molar refractivity (Wildman–Crippen MR) is 92.9 cm³/mol. The van der Waals surface area contributed by atoms with Crippen molar-refractivity contribution in [1.82, 2.24) is 0 Å². The van der Waals surface area contributed by atoms with E-state index >= 15 is 0 Å². The van der Waals surface area contributed by atoms with Crippen LogP contribution in [-0.4, -0.2) is 4.99 Å². The molecule has 0 aliphatic heterocycles. The lowest BCUT2D eigenvalue weighted by Crippen LogP contribution is -2.10. The topological polar surface area (TPSA) is 35.2 Å². The molecule has 2 aromatic carbocycles. The molecule has 0 saturated heterocycles. The van der Waals surface area contributed by atoms with Gasteiger partial charge in [-0.05, 0) is 30.2 Å². The Labute approximate surface area is 143 Å². The Morgan fingerprint density at radius 2 is 1.76 bits per heavy atom. The van der Waals surface area contributed by atoms with Gasteiger partial charge < -0.3 is 10.5 Å². The van der Waals surface area contributed by atoms with E-state index in [-0.39, 0.29) is 0 Å². The fraction of sp³-hybridized carbons (Fsp3) is 0.133. The first-order valence-electron chi connectivity index (χ1n) is 6.05. The van der Waals surface area contributed by atoms with Gasteiger partial charge in [0.1, 0.15) is 17.3 Å². The molecule has 2 aromatic rings. The smallest absolute Gasteiger partial charge is 0.139 e. The molecule has 2 nitrogen and oxygen atoms in total. The lowest BCUT2D eigenvalue weighted by atomic mass is 10.1. The van der Waals surface area contributed by atoms with Gasteiger partial charge >= 0.3 is 0 Å². The molecule has 6 heteroatoms. The van der Waals surface area contributed by atoms with Crippen LogP contribution < -0.4 is 10.5 Å². The van der Waals surface area contributed by atoms with Crippen LogP contribution in [0, 0.1) is 6.92 Å². The second-order valence-electron chi connectivity index (χ2n) is 4.49. The van der Waals surface area contributed by atoms with Crippen LogP contribution in [-0.2, 0) is 6.61 Å². The minimum atomic E-state index is 0.362. The molecule has 0 aromatic heterocycles. The van der Waals surface area contributed by atoms with E-state index in [9.17, 15) is 0 Å². The maximum Gasteiger partial charge on any atom is 0.139 e. The molecule has 0 bridgehead atoms. The minimum Gasteiger partial charge on any atom is -0.487 e. The summed E-state index contributed by atoms with van der Waals surface area (Å²) in [6, 6.07) is 8.88. The lowest BCUT2D eigenvalue weighted by Gasteiger charge is -2.12. The zero-order chi connectivity index (χ0) is 15.6. The molecule has 0 amide bonds. The number of hydrogen-bond acceptors (Lipinski definition) is 2. The van der Waals surface area contributed by atoms with Crippen LogP contribution in [0.3, 0.4) is 0 Å². The summed E-state index contributed by atoms with van der Waals surface area (Å²) in [6.45, 7) is 2.33. The summed E-state index contributed by atoms with van der Waals surface area (Å²) in [7, 11) is 0. The summed E-state index contributed by atoms with van der Waals surface area (Å²) in [5.74, 6) is 0.490. The van der Waals surface area contributed by atoms with Crippen LogP contribution in [0.15, 0.2) is 30.3 Å². The summed E-state index contributed by atoms with van der Waals surface area (Å²) in [5.41, 5.74) is 8.49. The van der Waals surface area contributed by atoms with Crippen molar-refractivity contribution >= 4 is 52.0 Å². The zero-order valence-corrected chi connectivity index (χ0v) is 14.2. The summed E-state index contributed by atoms with van der Waals surface area (Å²) in [4.78, 5) is 0.373. The van der Waals surface area contributed by atoms with Gasteiger partial charge in [0.25, 0.3) is 0 Å². The molecule has 0 aliphatic carbocycles. The van der Waals surface area contributed by atoms with Crippen molar-refractivity contribution in [2.75, 3.05) is 0 Å². The second kappa shape index (κ2) is 6.84. The normalized spacial score (nSPS) is 10.5. The van der Waals surface area contributed by atoms with E-state index in [4.69, 9.17) is 57.5 Å². The van der Waals surface area contributed by atoms with Crippen molar-refractivity contribution < 1.29 is 4.74 Å². The monoisotopic (exact) mass is 359 g/mol. The molecule has 2 N–H and O–H groups in total. The number of halogens is 3. The number of nitrogens with two attached hydrogens (primary N) is 1. The van der Waals surface area contributed by atoms with Gasteiger partial charge in [-0.1, -0.05) is 59.2 Å². The number of thiocarbonyl (C=S) groups is 1. The van der Waals surface area contributed by atoms with Gasteiger partial charge in [-0.15, -0.1) is 0 Å². The number of ether oxygens (including phenoxy) is 1. The van der Waals surface area contributed by atoms with Gasteiger partial charge in [0.15, 0.2) is 0 Å². The molecule has 0 unspecified atom stereocenters. The van der Waals surface area contributed by atoms with Crippen molar-refractivity contribution in [3.8, 4) is 5.75 Å². The summed E-state index contributed by atoms with van der Waals surface area (Å²) >= 11 is 22.9. The van der Waals surface area contributed by atoms with Crippen molar-refractivity contribution in [2.45, 2.75) is 13.5 Å². The Balaban J connectivity index is 2.17. The van der Waals surface area contributed by atoms with E-state index in [0.717, 1.165) is 16.7 Å². The van der Waals surface area contributed by atoms with E-state index in [1.807, 2.05) is 25.1 Å². The highest BCUT2D eigenvalue weighted by Crippen LogP contribution is 2.34. The minimum absolute atomic E-state index is 0.362. The van der Waals surface area contributed by atoms with E-state index in [2.05, 4.69) is 0 Å². The summed E-state index contributed by atoms with van der Waals surface area (Å²) in [5, 5.41) is 1.21. The largest absolute Gasteiger partial charge is 0.487 e. The van der Waals surface area contributed by atoms with Crippen molar-refractivity contribution in [3.05, 3.63) is 62.1 Å². The van der Waals surface area contributed by atoms with Crippen molar-refractivity contribution in [3.63, 3.8) is 0 Å². The Bertz CT molecular complexity index is 704. The fourth-order valence-corrected chi connectivity index (χ4v) is 2.50. The van der Waals surface area contributed by atoms with Gasteiger partial charge in [0.05, 0.1) is 15.1 Å². The highest BCUT2D eigenvalue weighted by Gasteiger charge is 2.09. The molecule has 0 heterocycles. The fourth-order valence-electron chi connectivity index (χ4n) is 1.78. The zero-order valence-electron chi connectivity index (χ0n) is 11.1. The van der Waals surface area contributed by atoms with Crippen molar-refractivity contribution in [1.29, 1.82) is 0 Å². The Hall–Kier alpha value is -1.000. The summed E-state index contributed by atoms with van der Waals surface area (Å²) in [6.07, 6.45) is 0. The lowest BCUT2D eigenvalue weighted by molar-refractivity contribution is 0.305. The molecule has 0 radical (unpaired) electrons. The molecule has 2 rings (SSSR count). The van der Waals surface area contributed by atoms with Crippen LogP contribution >= 0.6 is 47.0 Å². The van der Waals surface area contributed by atoms with E-state index in [1.165, 1.54) is 0 Å². The van der Waals surface area contributed by atoms with Crippen LogP contribution in [0.25, 0.3) is 0 Å². The maximum atomic E-state index is 6.07. The molecule has 110 valence electrons. The molecule has 21 heavy (non-hydrogen) atoms. The molecule has 0 saturated carbocycles. The van der Waals surface area contributed by atoms with Gasteiger partial charge in [0.2, 0.25) is 0 Å². The highest BCUT2D eigenvalue weighted by molar-refractivity contribution is 7.80. The Kier molecular flexibility index (Phi) is 5.33. The summed E-state index contributed by atoms with van der Waals surface area (Å²) < 4.78 is 5.70. The van der Waals surface area contributed by atoms with Crippen LogP contribution in [0.2, 0.25) is 15.1 Å². The number of hydrogen-bond donors (Lipinski definition) is 1. The number of rotatable bonds is 4. The van der Waals surface area contributed by atoms with Gasteiger partial charge in [0, 0.05) is 11.6 Å². The first kappa shape index (κ1) is 16.4. The molecule has 0 aliphatic rings. The van der Waals surface area contributed by atoms with Gasteiger partial charge in [-0.2, -0.15) is 0 Å². The molecular formula is C15H12Cl3NOS. The second-order valence-corrected chi connectivity index (χ2v) is 6.15. The predicted octanol–water partition coefficient (Wildman–Crippen LogP) is 5.17. The third-order valence-corrected chi connectivity index (χ3v) is 4.24. The van der Waals surface area contributed by atoms with Crippen LogP contribution in [0.4, 0.5) is 0 Å².